The fourth-order valence-electron chi connectivity index (χ4n) is 8.97. The Bertz CT molecular complexity index is 1960. The fraction of sp³-hybridized carbons (Fsp3) is 0.525. The lowest BCUT2D eigenvalue weighted by Crippen LogP contribution is -2.48. The SMILES string of the molecule is Cc1c(NC2CC(c3ccc(C(=O)N4CCC5(CC4)CCN(c4ccc(C6CCC(=O)NC6=O)c(C(F)(F)F)c4)CC5)cc3)CN(C)C2)cnn(C)c1=O. The molecule has 3 unspecified atom stereocenters. The van der Waals surface area contributed by atoms with E-state index in [1.807, 2.05) is 28.9 Å². The summed E-state index contributed by atoms with van der Waals surface area (Å²) in [5.74, 6) is -1.89. The van der Waals surface area contributed by atoms with E-state index in [1.54, 1.807) is 19.3 Å². The number of halogens is 3. The Morgan fingerprint density at radius 1 is 0.944 bits per heavy atom. The maximum absolute atomic E-state index is 14.2. The Kier molecular flexibility index (Phi) is 10.3. The zero-order chi connectivity index (χ0) is 38.4. The number of aryl methyl sites for hydroxylation is 1. The number of piperidine rings is 4. The molecule has 0 aliphatic carbocycles. The highest BCUT2D eigenvalue weighted by molar-refractivity contribution is 6.01. The molecule has 4 aliphatic heterocycles. The summed E-state index contributed by atoms with van der Waals surface area (Å²) in [6.45, 7) is 6.03. The lowest BCUT2D eigenvalue weighted by Gasteiger charge is -2.47. The highest BCUT2D eigenvalue weighted by Crippen LogP contribution is 2.44. The summed E-state index contributed by atoms with van der Waals surface area (Å²) in [5.41, 5.74) is 2.71. The number of likely N-dealkylation sites (tertiary alicyclic amines) is 2. The van der Waals surface area contributed by atoms with Gasteiger partial charge < -0.3 is 20.0 Å². The molecule has 4 aliphatic rings. The van der Waals surface area contributed by atoms with Crippen LogP contribution >= 0.6 is 0 Å². The van der Waals surface area contributed by atoms with E-state index in [2.05, 4.69) is 39.8 Å². The number of carbonyl (C=O) groups is 3. The molecule has 7 rings (SSSR count). The van der Waals surface area contributed by atoms with Crippen molar-refractivity contribution in [1.29, 1.82) is 0 Å². The van der Waals surface area contributed by atoms with Crippen molar-refractivity contribution < 1.29 is 27.6 Å². The number of alkyl halides is 3. The number of hydrogen-bond donors (Lipinski definition) is 2. The van der Waals surface area contributed by atoms with E-state index in [4.69, 9.17) is 0 Å². The molecular formula is C40H48F3N7O4. The van der Waals surface area contributed by atoms with Gasteiger partial charge in [0.05, 0.1) is 23.4 Å². The van der Waals surface area contributed by atoms with E-state index in [0.29, 0.717) is 43.0 Å². The maximum atomic E-state index is 14.2. The number of nitrogens with zero attached hydrogens (tertiary/aromatic N) is 5. The van der Waals surface area contributed by atoms with Gasteiger partial charge in [0, 0.05) is 75.6 Å². The molecular weight excluding hydrogens is 699 g/mol. The Labute approximate surface area is 312 Å². The van der Waals surface area contributed by atoms with E-state index < -0.39 is 29.5 Å². The first-order chi connectivity index (χ1) is 25.7. The zero-order valence-electron chi connectivity index (χ0n) is 31.0. The zero-order valence-corrected chi connectivity index (χ0v) is 31.0. The van der Waals surface area contributed by atoms with Gasteiger partial charge in [0.2, 0.25) is 11.8 Å². The summed E-state index contributed by atoms with van der Waals surface area (Å²) in [6, 6.07) is 12.3. The maximum Gasteiger partial charge on any atom is 0.416 e. The molecule has 14 heteroatoms. The highest BCUT2D eigenvalue weighted by Gasteiger charge is 2.41. The lowest BCUT2D eigenvalue weighted by atomic mass is 9.71. The second kappa shape index (κ2) is 14.8. The molecule has 1 aromatic heterocycles. The minimum Gasteiger partial charge on any atom is -0.379 e. The van der Waals surface area contributed by atoms with Gasteiger partial charge in [-0.3, -0.25) is 24.5 Å². The molecule has 288 valence electrons. The number of carbonyl (C=O) groups excluding carboxylic acids is 3. The van der Waals surface area contributed by atoms with Crippen LogP contribution in [0.2, 0.25) is 0 Å². The summed E-state index contributed by atoms with van der Waals surface area (Å²) >= 11 is 0. The summed E-state index contributed by atoms with van der Waals surface area (Å²) in [7, 11) is 3.73. The van der Waals surface area contributed by atoms with E-state index >= 15 is 0 Å². The van der Waals surface area contributed by atoms with Gasteiger partial charge >= 0.3 is 6.18 Å². The molecule has 0 saturated carbocycles. The number of imide groups is 1. The number of amides is 3. The number of benzene rings is 2. The van der Waals surface area contributed by atoms with Crippen molar-refractivity contribution in [3.63, 3.8) is 0 Å². The topological polar surface area (TPSA) is 120 Å². The number of aromatic nitrogens is 2. The van der Waals surface area contributed by atoms with Crippen molar-refractivity contribution >= 4 is 29.1 Å². The van der Waals surface area contributed by atoms with E-state index in [9.17, 15) is 32.3 Å². The first-order valence-electron chi connectivity index (χ1n) is 18.9. The van der Waals surface area contributed by atoms with E-state index in [1.165, 1.54) is 16.3 Å². The summed E-state index contributed by atoms with van der Waals surface area (Å²) < 4.78 is 44.0. The molecule has 5 heterocycles. The van der Waals surface area contributed by atoms with Gasteiger partial charge in [-0.1, -0.05) is 18.2 Å². The molecule has 2 N–H and O–H groups in total. The van der Waals surface area contributed by atoms with Gasteiger partial charge in [-0.2, -0.15) is 18.3 Å². The minimum atomic E-state index is -4.64. The van der Waals surface area contributed by atoms with Crippen LogP contribution in [0.3, 0.4) is 0 Å². The van der Waals surface area contributed by atoms with Crippen LogP contribution in [0.5, 0.6) is 0 Å². The first-order valence-corrected chi connectivity index (χ1v) is 18.9. The predicted octanol–water partition coefficient (Wildman–Crippen LogP) is 5.05. The molecule has 1 spiro atoms. The number of hydrogen-bond acceptors (Lipinski definition) is 8. The van der Waals surface area contributed by atoms with Gasteiger partial charge in [0.1, 0.15) is 0 Å². The van der Waals surface area contributed by atoms with Crippen LogP contribution in [0.15, 0.2) is 53.5 Å². The third-order valence-electron chi connectivity index (χ3n) is 12.3. The van der Waals surface area contributed by atoms with Crippen LogP contribution in [0.4, 0.5) is 24.5 Å². The number of rotatable bonds is 6. The van der Waals surface area contributed by atoms with Crippen LogP contribution in [0, 0.1) is 12.3 Å². The molecule has 3 atom stereocenters. The average Bonchev–Trinajstić information content (AvgIpc) is 3.15. The Morgan fingerprint density at radius 2 is 1.63 bits per heavy atom. The smallest absolute Gasteiger partial charge is 0.379 e. The minimum absolute atomic E-state index is 0.0102. The Balaban J connectivity index is 0.935. The molecule has 3 amide bonds. The molecule has 54 heavy (non-hydrogen) atoms. The molecule has 0 radical (unpaired) electrons. The van der Waals surface area contributed by atoms with Gasteiger partial charge in [-0.15, -0.1) is 0 Å². The number of nitrogens with one attached hydrogen (secondary N) is 2. The largest absolute Gasteiger partial charge is 0.416 e. The second-order valence-electron chi connectivity index (χ2n) is 15.8. The van der Waals surface area contributed by atoms with Crippen molar-refractivity contribution in [2.24, 2.45) is 12.5 Å². The lowest BCUT2D eigenvalue weighted by molar-refractivity contribution is -0.139. The number of anilines is 2. The van der Waals surface area contributed by atoms with Crippen molar-refractivity contribution in [1.82, 2.24) is 24.9 Å². The van der Waals surface area contributed by atoms with Crippen molar-refractivity contribution in [3.8, 4) is 0 Å². The summed E-state index contributed by atoms with van der Waals surface area (Å²) in [6.07, 6.45) is 1.35. The standard InChI is InChI=1S/C40H48F3N7O4/c1-25-34(22-44-48(3)37(25)53)45-29-20-28(23-47(2)24-29)26-4-6-27(7-5-26)38(54)50-18-14-39(15-19-50)12-16-49(17-13-39)30-8-9-31(33(21-30)40(41,42)43)32-10-11-35(51)46-36(32)52/h4-9,21-22,28-29,32,45H,10-20,23-24H2,1-3H3,(H,46,51,52). The average molecular weight is 748 g/mol. The molecule has 4 saturated heterocycles. The summed E-state index contributed by atoms with van der Waals surface area (Å²) in [5, 5.41) is 9.88. The van der Waals surface area contributed by atoms with Crippen molar-refractivity contribution in [3.05, 3.63) is 86.8 Å². The molecule has 11 nitrogen and oxygen atoms in total. The Hall–Kier alpha value is -4.72. The van der Waals surface area contributed by atoms with Crippen LogP contribution < -0.4 is 21.1 Å². The number of likely N-dealkylation sites (N-methyl/N-ethyl adjacent to an activating group) is 1. The van der Waals surface area contributed by atoms with Crippen LogP contribution in [-0.2, 0) is 22.8 Å². The van der Waals surface area contributed by atoms with Crippen LogP contribution in [0.25, 0.3) is 0 Å². The van der Waals surface area contributed by atoms with Crippen LogP contribution in [0.1, 0.15) is 89.4 Å². The molecule has 3 aromatic rings. The van der Waals surface area contributed by atoms with Gasteiger partial charge in [0.15, 0.2) is 0 Å². The summed E-state index contributed by atoms with van der Waals surface area (Å²) in [4.78, 5) is 56.2. The van der Waals surface area contributed by atoms with Crippen LogP contribution in [-0.4, -0.2) is 89.7 Å². The normalized spacial score (nSPS) is 23.7. The molecule has 2 aromatic carbocycles. The van der Waals surface area contributed by atoms with Gasteiger partial charge in [0.25, 0.3) is 11.5 Å². The van der Waals surface area contributed by atoms with Crippen molar-refractivity contribution in [2.75, 3.05) is 56.5 Å². The van der Waals surface area contributed by atoms with Crippen molar-refractivity contribution in [2.45, 2.75) is 75.9 Å². The molecule has 4 fully saturated rings. The third kappa shape index (κ3) is 7.75. The Morgan fingerprint density at radius 3 is 2.30 bits per heavy atom. The highest BCUT2D eigenvalue weighted by atomic mass is 19.4. The third-order valence-corrected chi connectivity index (χ3v) is 12.3. The van der Waals surface area contributed by atoms with Gasteiger partial charge in [-0.05, 0) is 99.2 Å². The second-order valence-corrected chi connectivity index (χ2v) is 15.8. The monoisotopic (exact) mass is 747 g/mol. The molecule has 0 bridgehead atoms. The van der Waals surface area contributed by atoms with E-state index in [0.717, 1.165) is 56.9 Å². The van der Waals surface area contributed by atoms with Gasteiger partial charge in [-0.25, -0.2) is 4.68 Å². The quantitative estimate of drug-likeness (QED) is 0.337. The predicted molar refractivity (Wildman–Crippen MR) is 199 cm³/mol. The fourth-order valence-corrected chi connectivity index (χ4v) is 8.97. The first kappa shape index (κ1) is 37.6. The van der Waals surface area contributed by atoms with E-state index in [-0.39, 0.29) is 47.2 Å².